The number of para-hydroxylation sites is 1. The zero-order valence-corrected chi connectivity index (χ0v) is 13.7. The quantitative estimate of drug-likeness (QED) is 0.336. The second-order valence-corrected chi connectivity index (χ2v) is 5.85. The molecule has 120 valence electrons. The number of benzene rings is 2. The number of carbonyl (C=O) groups is 1. The third-order valence-electron chi connectivity index (χ3n) is 3.44. The Balaban J connectivity index is 1.89. The molecule has 0 saturated heterocycles. The lowest BCUT2D eigenvalue weighted by molar-refractivity contribution is -0.672. The summed E-state index contributed by atoms with van der Waals surface area (Å²) in [4.78, 5) is 25.4. The first-order valence-corrected chi connectivity index (χ1v) is 8.47. The van der Waals surface area contributed by atoms with E-state index in [-0.39, 0.29) is 5.69 Å². The maximum Gasteiger partial charge on any atom is 0.439 e. The topological polar surface area (TPSA) is 67.0 Å². The van der Waals surface area contributed by atoms with E-state index in [2.05, 4.69) is 5.27 Å². The van der Waals surface area contributed by atoms with Crippen molar-refractivity contribution < 1.29 is 14.0 Å². The van der Waals surface area contributed by atoms with Gasteiger partial charge in [-0.25, -0.2) is 4.79 Å². The zero-order valence-electron chi connectivity index (χ0n) is 12.9. The third kappa shape index (κ3) is 3.38. The average molecular weight is 339 g/mol. The molecule has 0 aliphatic heterocycles. The molecule has 3 rings (SSSR count). The number of nitrogens with one attached hydrogen (secondary N) is 1. The smallest absolute Gasteiger partial charge is 0.282 e. The molecule has 24 heavy (non-hydrogen) atoms. The van der Waals surface area contributed by atoms with Crippen molar-refractivity contribution in [2.45, 2.75) is 4.90 Å². The first-order valence-electron chi connectivity index (χ1n) is 7.24. The summed E-state index contributed by atoms with van der Waals surface area (Å²) < 4.78 is 6.12. The van der Waals surface area contributed by atoms with Crippen LogP contribution in [0.5, 0.6) is 0 Å². The van der Waals surface area contributed by atoms with Crippen LogP contribution < -0.4 is 10.3 Å². The summed E-state index contributed by atoms with van der Waals surface area (Å²) in [6, 6.07) is 16.8. The largest absolute Gasteiger partial charge is 0.439 e. The molecule has 1 N–H and O–H groups in total. The molecule has 0 fully saturated rings. The highest BCUT2D eigenvalue weighted by Gasteiger charge is 2.28. The number of aromatic amines is 1. The molecule has 0 aliphatic rings. The van der Waals surface area contributed by atoms with Gasteiger partial charge >= 0.3 is 11.3 Å². The Hall–Kier alpha value is -2.86. The minimum Gasteiger partial charge on any atom is -0.282 e. The van der Waals surface area contributed by atoms with Crippen LogP contribution in [-0.2, 0) is 0 Å². The average Bonchev–Trinajstić information content (AvgIpc) is 3.02. The number of hydrogen-bond donors (Lipinski definition) is 1. The summed E-state index contributed by atoms with van der Waals surface area (Å²) in [5.74, 6) is -0.428. The maximum absolute atomic E-state index is 12.4. The number of ketones is 1. The van der Waals surface area contributed by atoms with E-state index in [9.17, 15) is 9.59 Å². The molecule has 1 heterocycles. The molecule has 0 bridgehead atoms. The summed E-state index contributed by atoms with van der Waals surface area (Å²) in [5.41, 5.74) is 0.751. The van der Waals surface area contributed by atoms with Crippen LogP contribution in [0.4, 0.5) is 0 Å². The van der Waals surface area contributed by atoms with Gasteiger partial charge in [0.05, 0.1) is 0 Å². The standard InChI is InChI=1S/C18H14N2O3S/c1-24-15-10-7-13(8-11-15)9-12-16(21)17-18(22)23-19-20(17)14-5-3-2-4-6-14/h2-12H,1H3/p+1/b12-9+. The van der Waals surface area contributed by atoms with Crippen molar-refractivity contribution in [2.75, 3.05) is 6.26 Å². The minimum atomic E-state index is -0.703. The van der Waals surface area contributed by atoms with Gasteiger partial charge in [-0.2, -0.15) is 0 Å². The van der Waals surface area contributed by atoms with Gasteiger partial charge in [0.15, 0.2) is 0 Å². The molecule has 3 aromatic rings. The van der Waals surface area contributed by atoms with Crippen LogP contribution in [-0.4, -0.2) is 17.3 Å². The number of aromatic nitrogens is 2. The fourth-order valence-electron chi connectivity index (χ4n) is 2.21. The monoisotopic (exact) mass is 339 g/mol. The van der Waals surface area contributed by atoms with Gasteiger partial charge in [0.25, 0.3) is 5.78 Å². The molecule has 0 amide bonds. The Kier molecular flexibility index (Phi) is 4.77. The van der Waals surface area contributed by atoms with E-state index in [1.807, 2.05) is 48.7 Å². The van der Waals surface area contributed by atoms with Gasteiger partial charge in [-0.15, -0.1) is 11.8 Å². The van der Waals surface area contributed by atoms with E-state index in [4.69, 9.17) is 4.52 Å². The van der Waals surface area contributed by atoms with Crippen LogP contribution in [0.15, 0.2) is 74.9 Å². The molecule has 5 nitrogen and oxygen atoms in total. The Morgan fingerprint density at radius 1 is 1.12 bits per heavy atom. The second kappa shape index (κ2) is 7.14. The summed E-state index contributed by atoms with van der Waals surface area (Å²) >= 11 is 1.65. The number of thioether (sulfide) groups is 1. The van der Waals surface area contributed by atoms with Crippen molar-refractivity contribution in [3.63, 3.8) is 0 Å². The van der Waals surface area contributed by atoms with E-state index in [0.717, 1.165) is 10.5 Å². The van der Waals surface area contributed by atoms with Gasteiger partial charge < -0.3 is 0 Å². The first kappa shape index (κ1) is 16.0. The van der Waals surface area contributed by atoms with Gasteiger partial charge in [-0.1, -0.05) is 36.4 Å². The summed E-state index contributed by atoms with van der Waals surface area (Å²) in [6.45, 7) is 0. The number of nitrogens with zero attached hydrogens (tertiary/aromatic N) is 1. The number of allylic oxidation sites excluding steroid dienone is 1. The van der Waals surface area contributed by atoms with Gasteiger partial charge in [-0.05, 0) is 40.0 Å². The van der Waals surface area contributed by atoms with Crippen molar-refractivity contribution in [3.8, 4) is 5.69 Å². The summed E-state index contributed by atoms with van der Waals surface area (Å²) in [7, 11) is 0. The van der Waals surface area contributed by atoms with Crippen LogP contribution >= 0.6 is 11.8 Å². The van der Waals surface area contributed by atoms with Crippen LogP contribution in [0.2, 0.25) is 0 Å². The first-order chi connectivity index (χ1) is 11.7. The number of carbonyl (C=O) groups excluding carboxylic acids is 1. The zero-order chi connectivity index (χ0) is 16.9. The van der Waals surface area contributed by atoms with E-state index in [1.165, 1.54) is 10.8 Å². The molecule has 0 radical (unpaired) electrons. The van der Waals surface area contributed by atoms with Gasteiger partial charge in [-0.3, -0.25) is 9.32 Å². The van der Waals surface area contributed by atoms with Gasteiger partial charge in [0, 0.05) is 17.0 Å². The number of H-pyrrole nitrogens is 1. The molecule has 0 saturated carbocycles. The lowest BCUT2D eigenvalue weighted by atomic mass is 10.2. The Morgan fingerprint density at radius 3 is 2.50 bits per heavy atom. The molecule has 0 aliphatic carbocycles. The van der Waals surface area contributed by atoms with Gasteiger partial charge in [0.1, 0.15) is 0 Å². The van der Waals surface area contributed by atoms with Gasteiger partial charge in [0.2, 0.25) is 5.69 Å². The molecule has 0 unspecified atom stereocenters. The van der Waals surface area contributed by atoms with Crippen molar-refractivity contribution in [1.82, 2.24) is 5.27 Å². The summed E-state index contributed by atoms with van der Waals surface area (Å²) in [5, 5.41) is 2.46. The van der Waals surface area contributed by atoms with Crippen molar-refractivity contribution in [2.24, 2.45) is 0 Å². The Bertz CT molecular complexity index is 925. The normalized spacial score (nSPS) is 11.0. The molecule has 0 atom stereocenters. The SMILES string of the molecule is CSc1ccc(/C=C/C(=O)c2c(=O)o[nH][n+]2-c2ccccc2)cc1. The number of rotatable bonds is 5. The predicted octanol–water partition coefficient (Wildman–Crippen LogP) is 2.86. The molecule has 2 aromatic carbocycles. The highest BCUT2D eigenvalue weighted by molar-refractivity contribution is 7.98. The highest BCUT2D eigenvalue weighted by Crippen LogP contribution is 2.15. The summed E-state index contributed by atoms with van der Waals surface area (Å²) in [6.07, 6.45) is 5.05. The second-order valence-electron chi connectivity index (χ2n) is 4.97. The predicted molar refractivity (Wildman–Crippen MR) is 92.4 cm³/mol. The fourth-order valence-corrected chi connectivity index (χ4v) is 2.62. The molecule has 1 aromatic heterocycles. The fraction of sp³-hybridized carbons (Fsp3) is 0.0556. The maximum atomic E-state index is 12.4. The van der Waals surface area contributed by atoms with E-state index < -0.39 is 11.4 Å². The van der Waals surface area contributed by atoms with Crippen molar-refractivity contribution >= 4 is 23.6 Å². The highest BCUT2D eigenvalue weighted by atomic mass is 32.2. The molecule has 0 spiro atoms. The van der Waals surface area contributed by atoms with Crippen LogP contribution in [0.25, 0.3) is 11.8 Å². The van der Waals surface area contributed by atoms with Crippen molar-refractivity contribution in [3.05, 3.63) is 82.4 Å². The van der Waals surface area contributed by atoms with E-state index in [1.54, 1.807) is 30.0 Å². The molecular formula is C18H15N2O3S+. The molecule has 6 heteroatoms. The lowest BCUT2D eigenvalue weighted by Crippen LogP contribution is -2.40. The lowest BCUT2D eigenvalue weighted by Gasteiger charge is -1.96. The number of hydrogen-bond acceptors (Lipinski definition) is 4. The Labute approximate surface area is 142 Å². The Morgan fingerprint density at radius 2 is 1.83 bits per heavy atom. The van der Waals surface area contributed by atoms with E-state index >= 15 is 0 Å². The van der Waals surface area contributed by atoms with Crippen LogP contribution in [0.1, 0.15) is 16.1 Å². The van der Waals surface area contributed by atoms with E-state index in [0.29, 0.717) is 5.69 Å². The van der Waals surface area contributed by atoms with Crippen LogP contribution in [0, 0.1) is 0 Å². The van der Waals surface area contributed by atoms with Crippen LogP contribution in [0.3, 0.4) is 0 Å². The minimum absolute atomic E-state index is 0.0711. The van der Waals surface area contributed by atoms with Crippen molar-refractivity contribution in [1.29, 1.82) is 0 Å². The molecular weight excluding hydrogens is 324 g/mol. The third-order valence-corrected chi connectivity index (χ3v) is 4.18.